The first-order valence-electron chi connectivity index (χ1n) is 11.2. The average Bonchev–Trinajstić information content (AvgIpc) is 3.10. The Bertz CT molecular complexity index is 1080. The first kappa shape index (κ1) is 22.3. The molecule has 164 valence electrons. The quantitative estimate of drug-likeness (QED) is 0.330. The van der Waals surface area contributed by atoms with Crippen LogP contribution in [0.3, 0.4) is 0 Å². The molecular formula is C25H31N3OS2. The zero-order valence-corrected chi connectivity index (χ0v) is 20.6. The topological polar surface area (TPSA) is 54.9 Å². The number of nitrogens with zero attached hydrogens (tertiary/aromatic N) is 2. The number of fused-ring (bicyclic) bond motifs is 3. The molecule has 2 aromatic heterocycles. The second kappa shape index (κ2) is 9.29. The van der Waals surface area contributed by atoms with Crippen molar-refractivity contribution in [3.8, 4) is 0 Å². The number of aromatic nitrogens is 2. The van der Waals surface area contributed by atoms with Crippen molar-refractivity contribution in [1.29, 1.82) is 0 Å². The third kappa shape index (κ3) is 4.65. The molecule has 1 aliphatic carbocycles. The van der Waals surface area contributed by atoms with Crippen molar-refractivity contribution in [2.24, 2.45) is 5.92 Å². The minimum absolute atomic E-state index is 0.0180. The monoisotopic (exact) mass is 453 g/mol. The molecule has 31 heavy (non-hydrogen) atoms. The van der Waals surface area contributed by atoms with Gasteiger partial charge in [0, 0.05) is 16.0 Å². The van der Waals surface area contributed by atoms with Crippen LogP contribution >= 0.6 is 23.1 Å². The van der Waals surface area contributed by atoms with Crippen LogP contribution in [0.4, 0.5) is 5.69 Å². The molecule has 1 unspecified atom stereocenters. The van der Waals surface area contributed by atoms with Crippen LogP contribution in [0.15, 0.2) is 29.6 Å². The SMILES string of the molecule is CC1CCc2c(sc3ncnc(SCC(=O)Nc4c(C(C)C)cccc4C(C)C)c23)C1. The molecule has 0 spiro atoms. The summed E-state index contributed by atoms with van der Waals surface area (Å²) in [6.45, 7) is 11.0. The number of hydrogen-bond acceptors (Lipinski definition) is 5. The molecule has 4 rings (SSSR count). The molecule has 1 aromatic carbocycles. The minimum atomic E-state index is 0.0180. The zero-order chi connectivity index (χ0) is 22.1. The Morgan fingerprint density at radius 2 is 1.90 bits per heavy atom. The van der Waals surface area contributed by atoms with E-state index < -0.39 is 0 Å². The van der Waals surface area contributed by atoms with Crippen LogP contribution in [-0.2, 0) is 17.6 Å². The van der Waals surface area contributed by atoms with Crippen LogP contribution in [0, 0.1) is 5.92 Å². The molecule has 1 N–H and O–H groups in total. The number of anilines is 1. The van der Waals surface area contributed by atoms with Gasteiger partial charge in [-0.3, -0.25) is 4.79 Å². The molecule has 3 aromatic rings. The van der Waals surface area contributed by atoms with E-state index in [0.717, 1.165) is 34.3 Å². The summed E-state index contributed by atoms with van der Waals surface area (Å²) in [6, 6.07) is 6.32. The van der Waals surface area contributed by atoms with Gasteiger partial charge in [0.1, 0.15) is 16.2 Å². The number of thiophene rings is 1. The number of rotatable bonds is 6. The largest absolute Gasteiger partial charge is 0.325 e. The molecule has 6 heteroatoms. The zero-order valence-electron chi connectivity index (χ0n) is 19.0. The molecule has 0 saturated heterocycles. The predicted molar refractivity (Wildman–Crippen MR) is 133 cm³/mol. The van der Waals surface area contributed by atoms with E-state index in [9.17, 15) is 4.79 Å². The summed E-state index contributed by atoms with van der Waals surface area (Å²) in [5.41, 5.74) is 4.77. The first-order valence-corrected chi connectivity index (χ1v) is 13.0. The van der Waals surface area contributed by atoms with Gasteiger partial charge in [0.2, 0.25) is 5.91 Å². The maximum Gasteiger partial charge on any atom is 0.234 e. The van der Waals surface area contributed by atoms with Crippen LogP contribution < -0.4 is 5.32 Å². The fraction of sp³-hybridized carbons (Fsp3) is 0.480. The van der Waals surface area contributed by atoms with E-state index >= 15 is 0 Å². The number of para-hydroxylation sites is 1. The van der Waals surface area contributed by atoms with Crippen molar-refractivity contribution >= 4 is 44.9 Å². The number of benzene rings is 1. The summed E-state index contributed by atoms with van der Waals surface area (Å²) in [4.78, 5) is 24.6. The van der Waals surface area contributed by atoms with E-state index in [1.165, 1.54) is 45.1 Å². The first-order chi connectivity index (χ1) is 14.8. The van der Waals surface area contributed by atoms with Crippen molar-refractivity contribution in [2.75, 3.05) is 11.1 Å². The predicted octanol–water partition coefficient (Wildman–Crippen LogP) is 6.79. The van der Waals surface area contributed by atoms with E-state index in [4.69, 9.17) is 0 Å². The molecule has 0 radical (unpaired) electrons. The lowest BCUT2D eigenvalue weighted by Gasteiger charge is -2.20. The third-order valence-corrected chi connectivity index (χ3v) is 8.19. The summed E-state index contributed by atoms with van der Waals surface area (Å²) >= 11 is 3.33. The summed E-state index contributed by atoms with van der Waals surface area (Å²) in [6.07, 6.45) is 5.06. The van der Waals surface area contributed by atoms with Crippen molar-refractivity contribution in [1.82, 2.24) is 9.97 Å². The van der Waals surface area contributed by atoms with Gasteiger partial charge in [-0.05, 0) is 53.7 Å². The van der Waals surface area contributed by atoms with Crippen molar-refractivity contribution in [2.45, 2.75) is 70.7 Å². The van der Waals surface area contributed by atoms with Crippen LogP contribution in [-0.4, -0.2) is 21.6 Å². The second-order valence-corrected chi connectivity index (χ2v) is 11.2. The Morgan fingerprint density at radius 1 is 1.19 bits per heavy atom. The molecule has 1 aliphatic rings. The molecule has 0 fully saturated rings. The third-order valence-electron chi connectivity index (χ3n) is 6.03. The highest BCUT2D eigenvalue weighted by Gasteiger charge is 2.23. The maximum absolute atomic E-state index is 13.0. The van der Waals surface area contributed by atoms with Gasteiger partial charge in [-0.2, -0.15) is 0 Å². The summed E-state index contributed by atoms with van der Waals surface area (Å²) in [5.74, 6) is 1.79. The van der Waals surface area contributed by atoms with Gasteiger partial charge in [0.05, 0.1) is 5.75 Å². The molecule has 0 aliphatic heterocycles. The summed E-state index contributed by atoms with van der Waals surface area (Å²) < 4.78 is 0. The van der Waals surface area contributed by atoms with Gasteiger partial charge in [0.25, 0.3) is 0 Å². The summed E-state index contributed by atoms with van der Waals surface area (Å²) in [7, 11) is 0. The Labute approximate surface area is 193 Å². The highest BCUT2D eigenvalue weighted by Crippen LogP contribution is 2.40. The van der Waals surface area contributed by atoms with Crippen LogP contribution in [0.2, 0.25) is 0 Å². The number of carbonyl (C=O) groups is 1. The lowest BCUT2D eigenvalue weighted by atomic mass is 9.89. The fourth-order valence-electron chi connectivity index (χ4n) is 4.36. The van der Waals surface area contributed by atoms with Crippen LogP contribution in [0.1, 0.15) is 74.4 Å². The molecule has 0 saturated carbocycles. The van der Waals surface area contributed by atoms with E-state index in [1.54, 1.807) is 17.7 Å². The minimum Gasteiger partial charge on any atom is -0.325 e. The normalized spacial score (nSPS) is 16.2. The lowest BCUT2D eigenvalue weighted by Crippen LogP contribution is -2.17. The number of carbonyl (C=O) groups excluding carboxylic acids is 1. The summed E-state index contributed by atoms with van der Waals surface area (Å²) in [5, 5.41) is 5.34. The van der Waals surface area contributed by atoms with Gasteiger partial charge in [0.15, 0.2) is 0 Å². The van der Waals surface area contributed by atoms with Gasteiger partial charge in [-0.1, -0.05) is 64.6 Å². The molecule has 0 bridgehead atoms. The Balaban J connectivity index is 1.55. The lowest BCUT2D eigenvalue weighted by molar-refractivity contribution is -0.113. The van der Waals surface area contributed by atoms with Crippen molar-refractivity contribution < 1.29 is 4.79 Å². The fourth-order valence-corrected chi connectivity index (χ4v) is 6.60. The van der Waals surface area contributed by atoms with Crippen LogP contribution in [0.25, 0.3) is 10.2 Å². The van der Waals surface area contributed by atoms with E-state index in [-0.39, 0.29) is 5.91 Å². The molecule has 1 amide bonds. The van der Waals surface area contributed by atoms with E-state index in [0.29, 0.717) is 17.6 Å². The Kier molecular flexibility index (Phi) is 6.68. The highest BCUT2D eigenvalue weighted by molar-refractivity contribution is 8.00. The van der Waals surface area contributed by atoms with Gasteiger partial charge < -0.3 is 5.32 Å². The molecule has 1 atom stereocenters. The van der Waals surface area contributed by atoms with Crippen molar-refractivity contribution in [3.05, 3.63) is 46.1 Å². The van der Waals surface area contributed by atoms with Gasteiger partial charge >= 0.3 is 0 Å². The number of amides is 1. The van der Waals surface area contributed by atoms with Gasteiger partial charge in [-0.15, -0.1) is 11.3 Å². The number of hydrogen-bond donors (Lipinski definition) is 1. The second-order valence-electron chi connectivity index (χ2n) is 9.17. The maximum atomic E-state index is 13.0. The number of nitrogens with one attached hydrogen (secondary N) is 1. The number of aryl methyl sites for hydroxylation is 1. The Hall–Kier alpha value is -1.92. The van der Waals surface area contributed by atoms with Gasteiger partial charge in [-0.25, -0.2) is 9.97 Å². The smallest absolute Gasteiger partial charge is 0.234 e. The molecular weight excluding hydrogens is 422 g/mol. The molecule has 2 heterocycles. The Morgan fingerprint density at radius 3 is 2.58 bits per heavy atom. The average molecular weight is 454 g/mol. The molecule has 4 nitrogen and oxygen atoms in total. The van der Waals surface area contributed by atoms with E-state index in [2.05, 4.69) is 68.1 Å². The standard InChI is InChI=1S/C25H31N3OS2/c1-14(2)17-7-6-8-18(15(3)4)23(17)28-21(29)12-30-24-22-19-10-9-16(5)11-20(19)31-25(22)27-13-26-24/h6-8,13-16H,9-12H2,1-5H3,(H,28,29). The number of thioether (sulfide) groups is 1. The van der Waals surface area contributed by atoms with Crippen LogP contribution in [0.5, 0.6) is 0 Å². The van der Waals surface area contributed by atoms with Crippen molar-refractivity contribution in [3.63, 3.8) is 0 Å². The highest BCUT2D eigenvalue weighted by atomic mass is 32.2. The van der Waals surface area contributed by atoms with E-state index in [1.807, 2.05) is 0 Å².